The number of carboxylic acid groups (broad SMARTS) is 1. The zero-order valence-electron chi connectivity index (χ0n) is 10.7. The molecule has 2 aromatic rings. The summed E-state index contributed by atoms with van der Waals surface area (Å²) in [6.07, 6.45) is 4.52. The molecule has 0 aliphatic rings. The van der Waals surface area contributed by atoms with Crippen LogP contribution in [0.15, 0.2) is 41.6 Å². The average Bonchev–Trinajstić information content (AvgIpc) is 2.39. The zero-order valence-corrected chi connectivity index (χ0v) is 10.7. The number of nitrogens with zero attached hydrogens (tertiary/aromatic N) is 2. The smallest absolute Gasteiger partial charge is 0.337 e. The summed E-state index contributed by atoms with van der Waals surface area (Å²) < 4.78 is 1.43. The molecular weight excluding hydrogens is 244 g/mol. The van der Waals surface area contributed by atoms with E-state index in [0.717, 1.165) is 0 Å². The van der Waals surface area contributed by atoms with E-state index in [2.05, 4.69) is 4.98 Å². The molecule has 5 heteroatoms. The second kappa shape index (κ2) is 5.06. The predicted octanol–water partition coefficient (Wildman–Crippen LogP) is 2.19. The fourth-order valence-electron chi connectivity index (χ4n) is 1.84. The minimum atomic E-state index is -1.05. The second-order valence-corrected chi connectivity index (χ2v) is 4.49. The van der Waals surface area contributed by atoms with Crippen molar-refractivity contribution in [1.82, 2.24) is 9.55 Å². The molecule has 0 saturated heterocycles. The van der Waals surface area contributed by atoms with Crippen molar-refractivity contribution in [3.05, 3.63) is 52.7 Å². The van der Waals surface area contributed by atoms with E-state index in [-0.39, 0.29) is 17.2 Å². The van der Waals surface area contributed by atoms with Crippen molar-refractivity contribution >= 4 is 5.97 Å². The number of hydrogen-bond acceptors (Lipinski definition) is 3. The molecule has 0 radical (unpaired) electrons. The molecule has 5 nitrogen and oxygen atoms in total. The first-order valence-electron chi connectivity index (χ1n) is 5.90. The van der Waals surface area contributed by atoms with Gasteiger partial charge in [0, 0.05) is 30.2 Å². The van der Waals surface area contributed by atoms with Gasteiger partial charge in [0.25, 0.3) is 5.56 Å². The second-order valence-electron chi connectivity index (χ2n) is 4.49. The maximum absolute atomic E-state index is 12.3. The van der Waals surface area contributed by atoms with Crippen molar-refractivity contribution in [3.8, 4) is 11.1 Å². The Kier molecular flexibility index (Phi) is 3.46. The van der Waals surface area contributed by atoms with Crippen LogP contribution in [-0.4, -0.2) is 20.6 Å². The van der Waals surface area contributed by atoms with Crippen LogP contribution in [0.25, 0.3) is 11.1 Å². The van der Waals surface area contributed by atoms with Crippen molar-refractivity contribution in [2.24, 2.45) is 0 Å². The first-order chi connectivity index (χ1) is 9.00. The number of hydrogen-bond donors (Lipinski definition) is 1. The van der Waals surface area contributed by atoms with Gasteiger partial charge in [-0.2, -0.15) is 0 Å². The molecule has 0 aromatic carbocycles. The Hall–Kier alpha value is -2.43. The lowest BCUT2D eigenvalue weighted by atomic mass is 10.1. The molecule has 0 bridgehead atoms. The highest BCUT2D eigenvalue weighted by Crippen LogP contribution is 2.17. The van der Waals surface area contributed by atoms with Crippen LogP contribution in [-0.2, 0) is 0 Å². The Morgan fingerprint density at radius 1 is 1.32 bits per heavy atom. The largest absolute Gasteiger partial charge is 0.478 e. The molecule has 0 spiro atoms. The van der Waals surface area contributed by atoms with Gasteiger partial charge in [0.1, 0.15) is 0 Å². The molecule has 2 rings (SSSR count). The van der Waals surface area contributed by atoms with E-state index in [1.807, 2.05) is 13.8 Å². The zero-order chi connectivity index (χ0) is 14.0. The number of aromatic carboxylic acids is 1. The lowest BCUT2D eigenvalue weighted by Gasteiger charge is -2.13. The lowest BCUT2D eigenvalue weighted by molar-refractivity contribution is 0.0696. The summed E-state index contributed by atoms with van der Waals surface area (Å²) in [7, 11) is 0. The summed E-state index contributed by atoms with van der Waals surface area (Å²) in [5.74, 6) is -1.05. The number of carboxylic acids is 1. The molecule has 19 heavy (non-hydrogen) atoms. The third-order valence-electron chi connectivity index (χ3n) is 2.84. The highest BCUT2D eigenvalue weighted by atomic mass is 16.4. The lowest BCUT2D eigenvalue weighted by Crippen LogP contribution is -2.24. The average molecular weight is 258 g/mol. The first-order valence-corrected chi connectivity index (χ1v) is 5.90. The molecule has 2 heterocycles. The van der Waals surface area contributed by atoms with Crippen molar-refractivity contribution in [3.63, 3.8) is 0 Å². The number of carbonyl (C=O) groups is 1. The van der Waals surface area contributed by atoms with Gasteiger partial charge in [-0.05, 0) is 37.6 Å². The summed E-state index contributed by atoms with van der Waals surface area (Å²) in [4.78, 5) is 27.4. The van der Waals surface area contributed by atoms with Gasteiger partial charge < -0.3 is 9.67 Å². The summed E-state index contributed by atoms with van der Waals surface area (Å²) in [6, 6.07) is 4.67. The van der Waals surface area contributed by atoms with Gasteiger partial charge in [-0.25, -0.2) is 4.79 Å². The molecule has 1 N–H and O–H groups in total. The van der Waals surface area contributed by atoms with E-state index in [4.69, 9.17) is 5.11 Å². The molecule has 2 aromatic heterocycles. The van der Waals surface area contributed by atoms with Gasteiger partial charge in [-0.15, -0.1) is 0 Å². The molecule has 0 aliphatic carbocycles. The maximum Gasteiger partial charge on any atom is 0.337 e. The summed E-state index contributed by atoms with van der Waals surface area (Å²) in [5, 5.41) is 9.13. The summed E-state index contributed by atoms with van der Waals surface area (Å²) in [5.41, 5.74) is 0.930. The predicted molar refractivity (Wildman–Crippen MR) is 71.3 cm³/mol. The Balaban J connectivity index is 2.73. The van der Waals surface area contributed by atoms with Crippen molar-refractivity contribution < 1.29 is 9.90 Å². The third-order valence-corrected chi connectivity index (χ3v) is 2.84. The maximum atomic E-state index is 12.3. The van der Waals surface area contributed by atoms with Crippen LogP contribution < -0.4 is 5.56 Å². The Morgan fingerprint density at radius 2 is 1.95 bits per heavy atom. The fourth-order valence-corrected chi connectivity index (χ4v) is 1.84. The van der Waals surface area contributed by atoms with Crippen LogP contribution >= 0.6 is 0 Å². The minimum Gasteiger partial charge on any atom is -0.478 e. The summed E-state index contributed by atoms with van der Waals surface area (Å²) in [6.45, 7) is 3.67. The Morgan fingerprint density at radius 3 is 2.47 bits per heavy atom. The fraction of sp³-hybridized carbons (Fsp3) is 0.214. The molecule has 0 saturated carbocycles. The molecular formula is C14H14N2O3. The van der Waals surface area contributed by atoms with Crippen molar-refractivity contribution in [1.29, 1.82) is 0 Å². The topological polar surface area (TPSA) is 72.2 Å². The number of aromatic nitrogens is 2. The van der Waals surface area contributed by atoms with Gasteiger partial charge in [0.05, 0.1) is 5.56 Å². The van der Waals surface area contributed by atoms with E-state index >= 15 is 0 Å². The van der Waals surface area contributed by atoms with Gasteiger partial charge >= 0.3 is 5.97 Å². The SMILES string of the molecule is CC(C)n1cc(C(=O)O)cc(-c2ccncc2)c1=O. The van der Waals surface area contributed by atoms with Gasteiger partial charge in [-0.3, -0.25) is 9.78 Å². The number of pyridine rings is 2. The van der Waals surface area contributed by atoms with Crippen LogP contribution in [0.1, 0.15) is 30.2 Å². The van der Waals surface area contributed by atoms with Crippen LogP contribution in [0.5, 0.6) is 0 Å². The van der Waals surface area contributed by atoms with E-state index in [1.165, 1.54) is 16.8 Å². The molecule has 0 atom stereocenters. The van der Waals surface area contributed by atoms with Crippen LogP contribution in [0.4, 0.5) is 0 Å². The standard InChI is InChI=1S/C14H14N2O3/c1-9(2)16-8-11(14(18)19)7-12(13(16)17)10-3-5-15-6-4-10/h3-9H,1-2H3,(H,18,19). The quantitative estimate of drug-likeness (QED) is 0.915. The number of rotatable bonds is 3. The van der Waals surface area contributed by atoms with Crippen LogP contribution in [0, 0.1) is 0 Å². The highest BCUT2D eigenvalue weighted by Gasteiger charge is 2.14. The molecule has 0 fully saturated rings. The molecule has 0 aliphatic heterocycles. The van der Waals surface area contributed by atoms with E-state index in [9.17, 15) is 9.59 Å². The third kappa shape index (κ3) is 2.54. The van der Waals surface area contributed by atoms with E-state index in [0.29, 0.717) is 11.1 Å². The van der Waals surface area contributed by atoms with Gasteiger partial charge in [0.15, 0.2) is 0 Å². The van der Waals surface area contributed by atoms with Crippen LogP contribution in [0.2, 0.25) is 0 Å². The molecule has 98 valence electrons. The van der Waals surface area contributed by atoms with Gasteiger partial charge in [-0.1, -0.05) is 0 Å². The van der Waals surface area contributed by atoms with E-state index < -0.39 is 5.97 Å². The van der Waals surface area contributed by atoms with Crippen molar-refractivity contribution in [2.75, 3.05) is 0 Å². The van der Waals surface area contributed by atoms with E-state index in [1.54, 1.807) is 24.5 Å². The highest BCUT2D eigenvalue weighted by molar-refractivity contribution is 5.88. The summed E-state index contributed by atoms with van der Waals surface area (Å²) >= 11 is 0. The Bertz CT molecular complexity index is 660. The Labute approximate surface area is 110 Å². The van der Waals surface area contributed by atoms with Crippen LogP contribution in [0.3, 0.4) is 0 Å². The van der Waals surface area contributed by atoms with Crippen molar-refractivity contribution in [2.45, 2.75) is 19.9 Å². The monoisotopic (exact) mass is 258 g/mol. The molecule has 0 unspecified atom stereocenters. The van der Waals surface area contributed by atoms with Gasteiger partial charge in [0.2, 0.25) is 0 Å². The first kappa shape index (κ1) is 13.0. The molecule has 0 amide bonds. The minimum absolute atomic E-state index is 0.0973. The normalized spacial score (nSPS) is 10.7.